The zero-order chi connectivity index (χ0) is 13.5. The fourth-order valence-electron chi connectivity index (χ4n) is 2.13. The van der Waals surface area contributed by atoms with Crippen molar-refractivity contribution in [1.29, 1.82) is 0 Å². The third kappa shape index (κ3) is 2.15. The van der Waals surface area contributed by atoms with E-state index in [4.69, 9.17) is 10.5 Å². The van der Waals surface area contributed by atoms with E-state index >= 15 is 0 Å². The SMILES string of the molecule is CC(C)CN1C(=O)C(C)(C)Oc2cc(N)ccc21. The Labute approximate surface area is 108 Å². The van der Waals surface area contributed by atoms with Gasteiger partial charge in [0.15, 0.2) is 5.60 Å². The second kappa shape index (κ2) is 4.19. The fourth-order valence-corrected chi connectivity index (χ4v) is 2.13. The summed E-state index contributed by atoms with van der Waals surface area (Å²) in [6.45, 7) is 8.44. The van der Waals surface area contributed by atoms with Gasteiger partial charge in [0.1, 0.15) is 5.75 Å². The molecule has 1 aliphatic heterocycles. The van der Waals surface area contributed by atoms with Crippen LogP contribution in [0, 0.1) is 5.92 Å². The number of nitrogens with two attached hydrogens (primary N) is 1. The molecular formula is C14H20N2O2. The number of nitrogens with zero attached hydrogens (tertiary/aromatic N) is 1. The van der Waals surface area contributed by atoms with E-state index in [2.05, 4.69) is 13.8 Å². The predicted molar refractivity (Wildman–Crippen MR) is 72.8 cm³/mol. The Hall–Kier alpha value is -1.71. The summed E-state index contributed by atoms with van der Waals surface area (Å²) in [5, 5.41) is 0. The molecule has 1 aromatic carbocycles. The molecule has 0 radical (unpaired) electrons. The van der Waals surface area contributed by atoms with Gasteiger partial charge in [0, 0.05) is 18.3 Å². The van der Waals surface area contributed by atoms with E-state index in [-0.39, 0.29) is 5.91 Å². The van der Waals surface area contributed by atoms with Crippen LogP contribution in [-0.4, -0.2) is 18.1 Å². The van der Waals surface area contributed by atoms with Gasteiger partial charge in [-0.15, -0.1) is 0 Å². The van der Waals surface area contributed by atoms with Crippen molar-refractivity contribution < 1.29 is 9.53 Å². The number of hydrogen-bond donors (Lipinski definition) is 1. The average Bonchev–Trinajstić information content (AvgIpc) is 2.23. The largest absolute Gasteiger partial charge is 0.476 e. The quantitative estimate of drug-likeness (QED) is 0.818. The van der Waals surface area contributed by atoms with Gasteiger partial charge >= 0.3 is 0 Å². The Kier molecular flexibility index (Phi) is 2.97. The van der Waals surface area contributed by atoms with Gasteiger partial charge in [-0.3, -0.25) is 4.79 Å². The molecular weight excluding hydrogens is 228 g/mol. The number of carbonyl (C=O) groups is 1. The molecule has 0 saturated carbocycles. The molecule has 4 heteroatoms. The van der Waals surface area contributed by atoms with Crippen LogP contribution in [-0.2, 0) is 4.79 Å². The van der Waals surface area contributed by atoms with Gasteiger partial charge in [-0.25, -0.2) is 0 Å². The smallest absolute Gasteiger partial charge is 0.270 e. The van der Waals surface area contributed by atoms with Gasteiger partial charge in [-0.1, -0.05) is 13.8 Å². The second-order valence-corrected chi connectivity index (χ2v) is 5.65. The summed E-state index contributed by atoms with van der Waals surface area (Å²) in [5.41, 5.74) is 6.38. The summed E-state index contributed by atoms with van der Waals surface area (Å²) in [6, 6.07) is 5.41. The molecule has 4 nitrogen and oxygen atoms in total. The lowest BCUT2D eigenvalue weighted by Crippen LogP contribution is -2.53. The average molecular weight is 248 g/mol. The minimum atomic E-state index is -0.838. The molecule has 0 spiro atoms. The Morgan fingerprint density at radius 3 is 2.67 bits per heavy atom. The molecule has 2 N–H and O–H groups in total. The first kappa shape index (κ1) is 12.7. The third-order valence-electron chi connectivity index (χ3n) is 2.95. The molecule has 1 aromatic rings. The van der Waals surface area contributed by atoms with Gasteiger partial charge in [-0.2, -0.15) is 0 Å². The van der Waals surface area contributed by atoms with Gasteiger partial charge < -0.3 is 15.4 Å². The van der Waals surface area contributed by atoms with Crippen molar-refractivity contribution >= 4 is 17.3 Å². The van der Waals surface area contributed by atoms with Crippen molar-refractivity contribution in [3.63, 3.8) is 0 Å². The summed E-state index contributed by atoms with van der Waals surface area (Å²) < 4.78 is 5.75. The van der Waals surface area contributed by atoms with E-state index in [0.29, 0.717) is 23.9 Å². The molecule has 1 amide bonds. The fraction of sp³-hybridized carbons (Fsp3) is 0.500. The highest BCUT2D eigenvalue weighted by Gasteiger charge is 2.40. The first-order valence-corrected chi connectivity index (χ1v) is 6.22. The highest BCUT2D eigenvalue weighted by molar-refractivity contribution is 6.02. The summed E-state index contributed by atoms with van der Waals surface area (Å²) in [7, 11) is 0. The number of fused-ring (bicyclic) bond motifs is 1. The summed E-state index contributed by atoms with van der Waals surface area (Å²) in [4.78, 5) is 14.2. The lowest BCUT2D eigenvalue weighted by atomic mass is 10.0. The lowest BCUT2D eigenvalue weighted by Gasteiger charge is -2.39. The minimum Gasteiger partial charge on any atom is -0.476 e. The van der Waals surface area contributed by atoms with E-state index < -0.39 is 5.60 Å². The maximum Gasteiger partial charge on any atom is 0.270 e. The Morgan fingerprint density at radius 1 is 1.39 bits per heavy atom. The van der Waals surface area contributed by atoms with Crippen LogP contribution < -0.4 is 15.4 Å². The van der Waals surface area contributed by atoms with Crippen LogP contribution in [0.1, 0.15) is 27.7 Å². The number of amides is 1. The van der Waals surface area contributed by atoms with Gasteiger partial charge in [0.25, 0.3) is 5.91 Å². The number of nitrogen functional groups attached to an aromatic ring is 1. The van der Waals surface area contributed by atoms with Crippen LogP contribution in [0.2, 0.25) is 0 Å². The molecule has 0 unspecified atom stereocenters. The molecule has 0 aromatic heterocycles. The summed E-state index contributed by atoms with van der Waals surface area (Å²) in [6.07, 6.45) is 0. The van der Waals surface area contributed by atoms with Crippen molar-refractivity contribution in [2.75, 3.05) is 17.2 Å². The predicted octanol–water partition coefficient (Wildman–Crippen LogP) is 2.43. The monoisotopic (exact) mass is 248 g/mol. The zero-order valence-electron chi connectivity index (χ0n) is 11.4. The van der Waals surface area contributed by atoms with Crippen LogP contribution in [0.4, 0.5) is 11.4 Å². The normalized spacial score (nSPS) is 17.6. The number of benzene rings is 1. The Bertz CT molecular complexity index is 481. The Balaban J connectivity index is 2.48. The molecule has 0 bridgehead atoms. The van der Waals surface area contributed by atoms with Crippen LogP contribution in [0.25, 0.3) is 0 Å². The number of hydrogen-bond acceptors (Lipinski definition) is 3. The van der Waals surface area contributed by atoms with E-state index in [1.54, 1.807) is 30.9 Å². The molecule has 0 aliphatic carbocycles. The number of anilines is 2. The number of ether oxygens (including phenoxy) is 1. The van der Waals surface area contributed by atoms with Gasteiger partial charge in [-0.05, 0) is 31.9 Å². The molecule has 0 fully saturated rings. The number of carbonyl (C=O) groups excluding carboxylic acids is 1. The second-order valence-electron chi connectivity index (χ2n) is 5.65. The van der Waals surface area contributed by atoms with E-state index in [1.807, 2.05) is 6.07 Å². The molecule has 1 heterocycles. The Morgan fingerprint density at radius 2 is 2.06 bits per heavy atom. The van der Waals surface area contributed by atoms with Crippen LogP contribution in [0.3, 0.4) is 0 Å². The highest BCUT2D eigenvalue weighted by atomic mass is 16.5. The summed E-state index contributed by atoms with van der Waals surface area (Å²) >= 11 is 0. The van der Waals surface area contributed by atoms with Crippen molar-refractivity contribution in [3.8, 4) is 5.75 Å². The molecule has 0 atom stereocenters. The molecule has 18 heavy (non-hydrogen) atoms. The summed E-state index contributed by atoms with van der Waals surface area (Å²) in [5.74, 6) is 1.07. The van der Waals surface area contributed by atoms with Gasteiger partial charge in [0.05, 0.1) is 5.69 Å². The van der Waals surface area contributed by atoms with Crippen molar-refractivity contribution in [2.24, 2.45) is 5.92 Å². The lowest BCUT2D eigenvalue weighted by molar-refractivity contribution is -0.132. The standard InChI is InChI=1S/C14H20N2O2/c1-9(2)8-16-11-6-5-10(15)7-12(11)18-14(3,4)13(16)17/h5-7,9H,8,15H2,1-4H3. The zero-order valence-corrected chi connectivity index (χ0v) is 11.4. The van der Waals surface area contributed by atoms with Crippen LogP contribution in [0.15, 0.2) is 18.2 Å². The molecule has 98 valence electrons. The maximum absolute atomic E-state index is 12.4. The van der Waals surface area contributed by atoms with E-state index in [9.17, 15) is 4.79 Å². The highest BCUT2D eigenvalue weighted by Crippen LogP contribution is 2.39. The molecule has 0 saturated heterocycles. The van der Waals surface area contributed by atoms with Crippen molar-refractivity contribution in [3.05, 3.63) is 18.2 Å². The van der Waals surface area contributed by atoms with Crippen LogP contribution >= 0.6 is 0 Å². The third-order valence-corrected chi connectivity index (χ3v) is 2.95. The van der Waals surface area contributed by atoms with Crippen LogP contribution in [0.5, 0.6) is 5.75 Å². The minimum absolute atomic E-state index is 0.00604. The number of rotatable bonds is 2. The van der Waals surface area contributed by atoms with E-state index in [0.717, 1.165) is 5.69 Å². The maximum atomic E-state index is 12.4. The molecule has 2 rings (SSSR count). The van der Waals surface area contributed by atoms with Gasteiger partial charge in [0.2, 0.25) is 0 Å². The first-order chi connectivity index (χ1) is 8.31. The van der Waals surface area contributed by atoms with Crippen molar-refractivity contribution in [1.82, 2.24) is 0 Å². The first-order valence-electron chi connectivity index (χ1n) is 6.22. The molecule has 1 aliphatic rings. The topological polar surface area (TPSA) is 55.6 Å². The van der Waals surface area contributed by atoms with Crippen molar-refractivity contribution in [2.45, 2.75) is 33.3 Å². The van der Waals surface area contributed by atoms with E-state index in [1.165, 1.54) is 0 Å².